The molecular weight excluding hydrogens is 468 g/mol. The van der Waals surface area contributed by atoms with Gasteiger partial charge in [-0.1, -0.05) is 26.2 Å². The first-order valence-electron chi connectivity index (χ1n) is 10.6. The first kappa shape index (κ1) is 28.7. The van der Waals surface area contributed by atoms with E-state index >= 15 is 0 Å². The predicted molar refractivity (Wildman–Crippen MR) is 125 cm³/mol. The Balaban J connectivity index is 3.05. The average molecular weight is 501 g/mol. The Labute approximate surface area is 201 Å². The molecular formula is C19H32N8O6S. The highest BCUT2D eigenvalue weighted by Gasteiger charge is 2.34. The molecule has 0 spiro atoms. The van der Waals surface area contributed by atoms with Crippen molar-refractivity contribution in [3.63, 3.8) is 0 Å². The number of hydroxylamine groups is 2. The number of nitrogens with two attached hydrogens (primary N) is 1. The molecule has 0 fully saturated rings. The van der Waals surface area contributed by atoms with E-state index in [1.165, 1.54) is 24.5 Å². The third-order valence-electron chi connectivity index (χ3n) is 5.05. The third kappa shape index (κ3) is 9.66. The van der Waals surface area contributed by atoms with Crippen molar-refractivity contribution < 1.29 is 24.6 Å². The number of carbonyl (C=O) groups excluding carboxylic acids is 3. The molecule has 0 aromatic carbocycles. The minimum atomic E-state index is -1.01. The maximum absolute atomic E-state index is 13.2. The number of thiazole rings is 1. The van der Waals surface area contributed by atoms with Gasteiger partial charge in [0, 0.05) is 18.1 Å². The smallest absolute Gasteiger partial charge is 0.251 e. The molecule has 0 bridgehead atoms. The number of aromatic nitrogens is 1. The number of anilines is 1. The van der Waals surface area contributed by atoms with E-state index < -0.39 is 40.8 Å². The molecule has 1 rings (SSSR count). The van der Waals surface area contributed by atoms with Crippen LogP contribution in [0.2, 0.25) is 0 Å². The van der Waals surface area contributed by atoms with Crippen molar-refractivity contribution in [2.75, 3.05) is 11.9 Å². The molecule has 0 saturated heterocycles. The highest BCUT2D eigenvalue weighted by Crippen LogP contribution is 2.21. The number of nitrogens with one attached hydrogen (secondary N) is 3. The molecule has 3 amide bonds. The fourth-order valence-electron chi connectivity index (χ4n) is 3.19. The van der Waals surface area contributed by atoms with E-state index in [1.54, 1.807) is 17.7 Å². The molecule has 1 aromatic rings. The van der Waals surface area contributed by atoms with Gasteiger partial charge in [0.05, 0.1) is 12.0 Å². The number of carbonyl (C=O) groups is 3. The minimum absolute atomic E-state index is 0.0616. The monoisotopic (exact) mass is 500 g/mol. The number of hydrazine groups is 1. The Morgan fingerprint density at radius 2 is 2.03 bits per heavy atom. The summed E-state index contributed by atoms with van der Waals surface area (Å²) in [6.07, 6.45) is 2.37. The zero-order valence-electron chi connectivity index (χ0n) is 19.5. The molecule has 34 heavy (non-hydrogen) atoms. The summed E-state index contributed by atoms with van der Waals surface area (Å²) in [6, 6.07) is -1.84. The second-order valence-electron chi connectivity index (χ2n) is 8.18. The topological polar surface area (TPSA) is 205 Å². The largest absolute Gasteiger partial charge is 0.365 e. The number of amides is 3. The van der Waals surface area contributed by atoms with Crippen LogP contribution < -0.4 is 21.8 Å². The fourth-order valence-corrected chi connectivity index (χ4v) is 3.72. The van der Waals surface area contributed by atoms with E-state index in [9.17, 15) is 29.7 Å². The maximum atomic E-state index is 13.2. The van der Waals surface area contributed by atoms with E-state index in [0.717, 1.165) is 0 Å². The van der Waals surface area contributed by atoms with Gasteiger partial charge in [0.1, 0.15) is 6.04 Å². The second kappa shape index (κ2) is 14.0. The van der Waals surface area contributed by atoms with Gasteiger partial charge in [-0.3, -0.25) is 19.6 Å². The van der Waals surface area contributed by atoms with E-state index in [2.05, 4.69) is 20.6 Å². The van der Waals surface area contributed by atoms with Gasteiger partial charge in [-0.15, -0.1) is 11.3 Å². The Kier molecular flexibility index (Phi) is 11.9. The van der Waals surface area contributed by atoms with Crippen molar-refractivity contribution in [2.24, 2.45) is 28.5 Å². The Morgan fingerprint density at radius 3 is 2.56 bits per heavy atom. The summed E-state index contributed by atoms with van der Waals surface area (Å²) >= 11 is 1.21. The van der Waals surface area contributed by atoms with Crippen LogP contribution in [0, 0.1) is 27.9 Å². The van der Waals surface area contributed by atoms with Crippen LogP contribution in [-0.4, -0.2) is 63.1 Å². The van der Waals surface area contributed by atoms with Crippen molar-refractivity contribution in [3.05, 3.63) is 21.7 Å². The molecule has 0 radical (unpaired) electrons. The van der Waals surface area contributed by atoms with E-state index in [1.807, 2.05) is 13.8 Å². The zero-order chi connectivity index (χ0) is 25.8. The minimum Gasteiger partial charge on any atom is -0.365 e. The SMILES string of the molecule is CC(C)C[C@@H](C(=O)NC(C(=O)Nc1nccs1)[C@@H](C)CCN=C(N)N[N+](=O)[O-])[C@@H](C)N(O)C=O. The fraction of sp³-hybridized carbons (Fsp3) is 0.632. The van der Waals surface area contributed by atoms with E-state index in [-0.39, 0.29) is 31.3 Å². The summed E-state index contributed by atoms with van der Waals surface area (Å²) in [4.78, 5) is 55.5. The molecule has 0 saturated carbocycles. The lowest BCUT2D eigenvalue weighted by molar-refractivity contribution is -0.525. The van der Waals surface area contributed by atoms with Gasteiger partial charge >= 0.3 is 0 Å². The molecule has 6 N–H and O–H groups in total. The van der Waals surface area contributed by atoms with Crippen molar-refractivity contribution in [3.8, 4) is 0 Å². The quantitative estimate of drug-likeness (QED) is 0.0604. The molecule has 14 nitrogen and oxygen atoms in total. The van der Waals surface area contributed by atoms with Crippen LogP contribution in [0.1, 0.15) is 40.5 Å². The lowest BCUT2D eigenvalue weighted by Gasteiger charge is -2.31. The second-order valence-corrected chi connectivity index (χ2v) is 9.07. The standard InChI is InChI=1S/C19H32N8O6S/c1-11(2)9-14(13(4)26(31)10-28)16(29)23-15(17(30)24-19-22-7-8-34-19)12(3)5-6-21-18(20)25-27(32)33/h7-8,10-15,31H,5-6,9H2,1-4H3,(H,23,29)(H3,20,21,25)(H,22,24,30)/t12-,13+,14+,15?/m0/s1. The van der Waals surface area contributed by atoms with Gasteiger partial charge in [0.25, 0.3) is 5.96 Å². The average Bonchev–Trinajstić information content (AvgIpc) is 3.26. The lowest BCUT2D eigenvalue weighted by atomic mass is 9.89. The van der Waals surface area contributed by atoms with Crippen LogP contribution in [0.5, 0.6) is 0 Å². The van der Waals surface area contributed by atoms with Gasteiger partial charge < -0.3 is 16.4 Å². The number of hydrogen-bond donors (Lipinski definition) is 5. The third-order valence-corrected chi connectivity index (χ3v) is 5.74. The van der Waals surface area contributed by atoms with Crippen LogP contribution >= 0.6 is 11.3 Å². The predicted octanol–water partition coefficient (Wildman–Crippen LogP) is 0.587. The molecule has 1 unspecified atom stereocenters. The molecule has 0 aliphatic rings. The molecule has 15 heteroatoms. The summed E-state index contributed by atoms with van der Waals surface area (Å²) in [5, 5.41) is 27.3. The molecule has 0 aliphatic heterocycles. The number of nitro groups is 1. The number of aliphatic imine (C=N–C) groups is 1. The maximum Gasteiger partial charge on any atom is 0.251 e. The van der Waals surface area contributed by atoms with Crippen LogP contribution in [0.4, 0.5) is 5.13 Å². The normalized spacial score (nSPS) is 15.1. The molecule has 190 valence electrons. The van der Waals surface area contributed by atoms with Gasteiger partial charge in [-0.2, -0.15) is 0 Å². The first-order chi connectivity index (χ1) is 16.0. The Bertz CT molecular complexity index is 850. The summed E-state index contributed by atoms with van der Waals surface area (Å²) in [5.41, 5.74) is 7.14. The number of rotatable bonds is 14. The highest BCUT2D eigenvalue weighted by atomic mass is 32.1. The van der Waals surface area contributed by atoms with Crippen LogP contribution in [0.25, 0.3) is 0 Å². The number of nitrogens with zero attached hydrogens (tertiary/aromatic N) is 4. The summed E-state index contributed by atoms with van der Waals surface area (Å²) in [5.74, 6) is -2.56. The number of hydrogen-bond acceptors (Lipinski definition) is 9. The summed E-state index contributed by atoms with van der Waals surface area (Å²) in [6.45, 7) is 7.10. The summed E-state index contributed by atoms with van der Waals surface area (Å²) < 4.78 is 0. The first-order valence-corrected chi connectivity index (χ1v) is 11.5. The summed E-state index contributed by atoms with van der Waals surface area (Å²) in [7, 11) is 0. The molecule has 1 aromatic heterocycles. The lowest BCUT2D eigenvalue weighted by Crippen LogP contribution is -2.53. The zero-order valence-corrected chi connectivity index (χ0v) is 20.3. The van der Waals surface area contributed by atoms with Gasteiger partial charge in [0.2, 0.25) is 18.2 Å². The van der Waals surface area contributed by atoms with E-state index in [0.29, 0.717) is 16.6 Å². The number of guanidine groups is 1. The van der Waals surface area contributed by atoms with Crippen molar-refractivity contribution in [1.82, 2.24) is 20.8 Å². The van der Waals surface area contributed by atoms with Crippen LogP contribution in [-0.2, 0) is 14.4 Å². The Morgan fingerprint density at radius 1 is 1.35 bits per heavy atom. The van der Waals surface area contributed by atoms with E-state index in [4.69, 9.17) is 5.73 Å². The van der Waals surface area contributed by atoms with Crippen LogP contribution in [0.3, 0.4) is 0 Å². The Hall–Kier alpha value is -3.33. The van der Waals surface area contributed by atoms with Crippen LogP contribution in [0.15, 0.2) is 16.6 Å². The molecule has 0 aliphatic carbocycles. The molecule has 4 atom stereocenters. The van der Waals surface area contributed by atoms with Crippen molar-refractivity contribution >= 4 is 40.7 Å². The highest BCUT2D eigenvalue weighted by molar-refractivity contribution is 7.13. The molecule has 1 heterocycles. The van der Waals surface area contributed by atoms with Gasteiger partial charge in [-0.05, 0) is 31.6 Å². The van der Waals surface area contributed by atoms with Crippen molar-refractivity contribution in [2.45, 2.75) is 52.6 Å². The van der Waals surface area contributed by atoms with Crippen molar-refractivity contribution in [1.29, 1.82) is 0 Å². The van der Waals surface area contributed by atoms with Gasteiger partial charge in [-0.25, -0.2) is 25.2 Å². The van der Waals surface area contributed by atoms with Gasteiger partial charge in [0.15, 0.2) is 10.2 Å².